The fourth-order valence-corrected chi connectivity index (χ4v) is 2.33. The van der Waals surface area contributed by atoms with Gasteiger partial charge in [0.05, 0.1) is 13.2 Å². The zero-order chi connectivity index (χ0) is 10.7. The number of furan rings is 1. The van der Waals surface area contributed by atoms with Gasteiger partial charge in [-0.1, -0.05) is 12.8 Å². The van der Waals surface area contributed by atoms with E-state index < -0.39 is 0 Å². The minimum atomic E-state index is -0.0980. The van der Waals surface area contributed by atoms with Crippen molar-refractivity contribution in [2.75, 3.05) is 6.61 Å². The van der Waals surface area contributed by atoms with E-state index in [0.29, 0.717) is 11.8 Å². The van der Waals surface area contributed by atoms with E-state index in [9.17, 15) is 5.11 Å². The molecule has 0 amide bonds. The first-order valence-corrected chi connectivity index (χ1v) is 5.72. The summed E-state index contributed by atoms with van der Waals surface area (Å²) in [6.45, 7) is 0.828. The molecule has 1 saturated carbocycles. The average molecular weight is 230 g/mol. The van der Waals surface area contributed by atoms with Crippen molar-refractivity contribution in [2.24, 2.45) is 0 Å². The molecular weight excluding hydrogens is 214 g/mol. The summed E-state index contributed by atoms with van der Waals surface area (Å²) in [5.41, 5.74) is -0.0980. The molecule has 4 heteroatoms. The lowest BCUT2D eigenvalue weighted by Gasteiger charge is -2.27. The Morgan fingerprint density at radius 2 is 2.13 bits per heavy atom. The maximum absolute atomic E-state index is 9.38. The Morgan fingerprint density at radius 3 is 2.67 bits per heavy atom. The van der Waals surface area contributed by atoms with Gasteiger partial charge in [-0.3, -0.25) is 0 Å². The number of aliphatic hydroxyl groups excluding tert-OH is 1. The van der Waals surface area contributed by atoms with Gasteiger partial charge in [0.2, 0.25) is 0 Å². The highest BCUT2D eigenvalue weighted by molar-refractivity contribution is 6.28. The second-order valence-electron chi connectivity index (χ2n) is 4.20. The SMILES string of the molecule is OCC1(NCc2ccc(Cl)o2)CCCC1. The topological polar surface area (TPSA) is 45.4 Å². The van der Waals surface area contributed by atoms with Crippen LogP contribution in [0.4, 0.5) is 0 Å². The number of hydrogen-bond acceptors (Lipinski definition) is 3. The van der Waals surface area contributed by atoms with Crippen molar-refractivity contribution in [3.05, 3.63) is 23.1 Å². The van der Waals surface area contributed by atoms with Gasteiger partial charge in [0.15, 0.2) is 5.22 Å². The molecule has 0 atom stereocenters. The molecule has 1 aliphatic carbocycles. The monoisotopic (exact) mass is 229 g/mol. The summed E-state index contributed by atoms with van der Waals surface area (Å²) < 4.78 is 5.25. The summed E-state index contributed by atoms with van der Waals surface area (Å²) in [6, 6.07) is 3.59. The lowest BCUT2D eigenvalue weighted by atomic mass is 9.99. The fourth-order valence-electron chi connectivity index (χ4n) is 2.16. The predicted octanol–water partition coefficient (Wildman–Crippen LogP) is 2.33. The minimum Gasteiger partial charge on any atom is -0.448 e. The zero-order valence-corrected chi connectivity index (χ0v) is 9.39. The molecule has 1 aromatic rings. The highest BCUT2D eigenvalue weighted by atomic mass is 35.5. The molecule has 1 fully saturated rings. The molecule has 3 nitrogen and oxygen atoms in total. The van der Waals surface area contributed by atoms with E-state index in [0.717, 1.165) is 18.6 Å². The Morgan fingerprint density at radius 1 is 1.40 bits per heavy atom. The van der Waals surface area contributed by atoms with Gasteiger partial charge in [-0.15, -0.1) is 0 Å². The first-order chi connectivity index (χ1) is 7.24. The summed E-state index contributed by atoms with van der Waals surface area (Å²) in [7, 11) is 0. The Bertz CT molecular complexity index is 318. The molecule has 0 unspecified atom stereocenters. The molecule has 1 aromatic heterocycles. The van der Waals surface area contributed by atoms with E-state index in [1.54, 1.807) is 6.07 Å². The zero-order valence-electron chi connectivity index (χ0n) is 8.63. The molecule has 15 heavy (non-hydrogen) atoms. The van der Waals surface area contributed by atoms with Gasteiger partial charge in [-0.2, -0.15) is 0 Å². The van der Waals surface area contributed by atoms with Crippen molar-refractivity contribution in [1.29, 1.82) is 0 Å². The van der Waals surface area contributed by atoms with E-state index in [4.69, 9.17) is 16.0 Å². The predicted molar refractivity (Wildman–Crippen MR) is 58.8 cm³/mol. The van der Waals surface area contributed by atoms with Crippen LogP contribution in [-0.4, -0.2) is 17.3 Å². The highest BCUT2D eigenvalue weighted by Gasteiger charge is 2.32. The number of rotatable bonds is 4. The van der Waals surface area contributed by atoms with Gasteiger partial charge in [0, 0.05) is 5.54 Å². The first kappa shape index (κ1) is 11.0. The van der Waals surface area contributed by atoms with E-state index >= 15 is 0 Å². The summed E-state index contributed by atoms with van der Waals surface area (Å²) in [6.07, 6.45) is 4.45. The Balaban J connectivity index is 1.91. The van der Waals surface area contributed by atoms with Gasteiger partial charge < -0.3 is 14.8 Å². The van der Waals surface area contributed by atoms with Gasteiger partial charge in [-0.25, -0.2) is 0 Å². The van der Waals surface area contributed by atoms with Crippen molar-refractivity contribution in [3.8, 4) is 0 Å². The molecule has 2 rings (SSSR count). The van der Waals surface area contributed by atoms with Crippen molar-refractivity contribution in [2.45, 2.75) is 37.8 Å². The first-order valence-electron chi connectivity index (χ1n) is 5.34. The standard InChI is InChI=1S/C11H16ClNO2/c12-10-4-3-9(15-10)7-13-11(8-14)5-1-2-6-11/h3-4,13-14H,1-2,5-8H2. The summed E-state index contributed by atoms with van der Waals surface area (Å²) >= 11 is 5.68. The Kier molecular flexibility index (Phi) is 3.34. The smallest absolute Gasteiger partial charge is 0.193 e. The van der Waals surface area contributed by atoms with Crippen LogP contribution in [0.25, 0.3) is 0 Å². The van der Waals surface area contributed by atoms with Crippen molar-refractivity contribution >= 4 is 11.6 Å². The van der Waals surface area contributed by atoms with Crippen molar-refractivity contribution < 1.29 is 9.52 Å². The van der Waals surface area contributed by atoms with Gasteiger partial charge in [0.25, 0.3) is 0 Å². The number of hydrogen-bond donors (Lipinski definition) is 2. The molecule has 0 spiro atoms. The van der Waals surface area contributed by atoms with Gasteiger partial charge in [-0.05, 0) is 36.6 Å². The molecule has 2 N–H and O–H groups in total. The normalized spacial score (nSPS) is 19.6. The van der Waals surface area contributed by atoms with E-state index in [1.165, 1.54) is 12.8 Å². The van der Waals surface area contributed by atoms with Crippen molar-refractivity contribution in [1.82, 2.24) is 5.32 Å². The highest BCUT2D eigenvalue weighted by Crippen LogP contribution is 2.29. The molecule has 84 valence electrons. The van der Waals surface area contributed by atoms with Crippen molar-refractivity contribution in [3.63, 3.8) is 0 Å². The average Bonchev–Trinajstić information content (AvgIpc) is 2.85. The van der Waals surface area contributed by atoms with E-state index in [1.807, 2.05) is 6.07 Å². The van der Waals surface area contributed by atoms with Gasteiger partial charge in [0.1, 0.15) is 5.76 Å². The maximum atomic E-state index is 9.38. The second kappa shape index (κ2) is 4.56. The summed E-state index contributed by atoms with van der Waals surface area (Å²) in [5.74, 6) is 0.819. The van der Waals surface area contributed by atoms with E-state index in [-0.39, 0.29) is 12.1 Å². The quantitative estimate of drug-likeness (QED) is 0.833. The van der Waals surface area contributed by atoms with Crippen LogP contribution in [0.2, 0.25) is 5.22 Å². The molecule has 0 radical (unpaired) electrons. The van der Waals surface area contributed by atoms with Crippen LogP contribution in [0.1, 0.15) is 31.4 Å². The second-order valence-corrected chi connectivity index (χ2v) is 4.58. The summed E-state index contributed by atoms with van der Waals surface area (Å²) in [5, 5.41) is 13.2. The van der Waals surface area contributed by atoms with Crippen LogP contribution < -0.4 is 5.32 Å². The van der Waals surface area contributed by atoms with E-state index in [2.05, 4.69) is 5.32 Å². The van der Waals surface area contributed by atoms with Gasteiger partial charge >= 0.3 is 0 Å². The molecular formula is C11H16ClNO2. The third-order valence-corrected chi connectivity index (χ3v) is 3.33. The molecule has 0 saturated heterocycles. The third kappa shape index (κ3) is 2.54. The maximum Gasteiger partial charge on any atom is 0.193 e. The van der Waals surface area contributed by atoms with Crippen LogP contribution in [-0.2, 0) is 6.54 Å². The van der Waals surface area contributed by atoms with Crippen LogP contribution >= 0.6 is 11.6 Å². The lowest BCUT2D eigenvalue weighted by molar-refractivity contribution is 0.160. The molecule has 1 heterocycles. The molecule has 0 bridgehead atoms. The number of aliphatic hydroxyl groups is 1. The van der Waals surface area contributed by atoms with Crippen LogP contribution in [0.15, 0.2) is 16.5 Å². The third-order valence-electron chi connectivity index (χ3n) is 3.13. The number of halogens is 1. The molecule has 0 aromatic carbocycles. The fraction of sp³-hybridized carbons (Fsp3) is 0.636. The molecule has 1 aliphatic rings. The largest absolute Gasteiger partial charge is 0.448 e. The molecule has 0 aliphatic heterocycles. The lowest BCUT2D eigenvalue weighted by Crippen LogP contribution is -2.45. The Hall–Kier alpha value is -0.510. The van der Waals surface area contributed by atoms with Crippen LogP contribution in [0.5, 0.6) is 0 Å². The number of nitrogens with one attached hydrogen (secondary N) is 1. The Labute approximate surface area is 94.4 Å². The van der Waals surface area contributed by atoms with Crippen LogP contribution in [0.3, 0.4) is 0 Å². The van der Waals surface area contributed by atoms with Crippen LogP contribution in [0, 0.1) is 0 Å². The minimum absolute atomic E-state index is 0.0980. The summed E-state index contributed by atoms with van der Waals surface area (Å²) in [4.78, 5) is 0.